The second-order valence-corrected chi connectivity index (χ2v) is 5.90. The monoisotopic (exact) mass is 208 g/mol. The van der Waals surface area contributed by atoms with E-state index in [1.54, 1.807) is 25.7 Å². The van der Waals surface area contributed by atoms with Crippen molar-refractivity contribution in [3.05, 3.63) is 0 Å². The molecule has 2 saturated carbocycles. The average molecular weight is 208 g/mol. The highest BCUT2D eigenvalue weighted by molar-refractivity contribution is 4.82. The predicted octanol–water partition coefficient (Wildman–Crippen LogP) is 5.17. The molecule has 0 N–H and O–H groups in total. The Hall–Kier alpha value is 0. The normalized spacial score (nSPS) is 34.2. The van der Waals surface area contributed by atoms with E-state index in [2.05, 4.69) is 6.92 Å². The SMILES string of the molecule is CCC[C@H]1CCCC[C@@H]1C1CCCCC1. The zero-order valence-corrected chi connectivity index (χ0v) is 10.5. The second-order valence-electron chi connectivity index (χ2n) is 5.90. The molecule has 0 bridgehead atoms. The quantitative estimate of drug-likeness (QED) is 0.600. The van der Waals surface area contributed by atoms with Gasteiger partial charge in [0.25, 0.3) is 0 Å². The van der Waals surface area contributed by atoms with E-state index < -0.39 is 0 Å². The van der Waals surface area contributed by atoms with Crippen LogP contribution in [-0.2, 0) is 0 Å². The molecule has 2 atom stereocenters. The van der Waals surface area contributed by atoms with Crippen molar-refractivity contribution in [2.45, 2.75) is 77.6 Å². The van der Waals surface area contributed by atoms with Crippen LogP contribution in [0.25, 0.3) is 0 Å². The maximum absolute atomic E-state index is 2.37. The molecule has 2 rings (SSSR count). The van der Waals surface area contributed by atoms with Gasteiger partial charge in [-0.3, -0.25) is 0 Å². The van der Waals surface area contributed by atoms with Crippen LogP contribution >= 0.6 is 0 Å². The highest BCUT2D eigenvalue weighted by Gasteiger charge is 2.31. The summed E-state index contributed by atoms with van der Waals surface area (Å²) in [4.78, 5) is 0. The van der Waals surface area contributed by atoms with E-state index in [-0.39, 0.29) is 0 Å². The molecule has 0 spiro atoms. The van der Waals surface area contributed by atoms with Crippen LogP contribution in [0.5, 0.6) is 0 Å². The van der Waals surface area contributed by atoms with Crippen molar-refractivity contribution in [2.24, 2.45) is 17.8 Å². The van der Waals surface area contributed by atoms with Crippen molar-refractivity contribution in [1.82, 2.24) is 0 Å². The number of hydrogen-bond donors (Lipinski definition) is 0. The third kappa shape index (κ3) is 2.98. The Kier molecular flexibility index (Phi) is 4.53. The molecule has 2 aliphatic rings. The van der Waals surface area contributed by atoms with Crippen LogP contribution in [0.4, 0.5) is 0 Å². The zero-order valence-electron chi connectivity index (χ0n) is 10.5. The Labute approximate surface area is 95.8 Å². The summed E-state index contributed by atoms with van der Waals surface area (Å²) >= 11 is 0. The first-order valence-electron chi connectivity index (χ1n) is 7.42. The van der Waals surface area contributed by atoms with Crippen molar-refractivity contribution in [3.63, 3.8) is 0 Å². The molecule has 0 aromatic rings. The van der Waals surface area contributed by atoms with E-state index >= 15 is 0 Å². The van der Waals surface area contributed by atoms with Crippen LogP contribution < -0.4 is 0 Å². The summed E-state index contributed by atoms with van der Waals surface area (Å²) in [5, 5.41) is 0. The highest BCUT2D eigenvalue weighted by atomic mass is 14.4. The summed E-state index contributed by atoms with van der Waals surface area (Å²) in [5.74, 6) is 3.35. The van der Waals surface area contributed by atoms with Crippen LogP contribution in [0.3, 0.4) is 0 Å². The third-order valence-electron chi connectivity index (χ3n) is 4.88. The minimum Gasteiger partial charge on any atom is -0.0654 e. The molecule has 0 unspecified atom stereocenters. The Bertz CT molecular complexity index is 154. The van der Waals surface area contributed by atoms with Crippen LogP contribution in [0.15, 0.2) is 0 Å². The molecule has 0 nitrogen and oxygen atoms in total. The summed E-state index contributed by atoms with van der Waals surface area (Å²) in [7, 11) is 0. The van der Waals surface area contributed by atoms with Crippen molar-refractivity contribution in [2.75, 3.05) is 0 Å². The zero-order chi connectivity index (χ0) is 10.5. The Morgan fingerprint density at radius 1 is 0.800 bits per heavy atom. The lowest BCUT2D eigenvalue weighted by Gasteiger charge is -2.39. The summed E-state index contributed by atoms with van der Waals surface area (Å²) in [6, 6.07) is 0. The maximum atomic E-state index is 2.37. The van der Waals surface area contributed by atoms with Gasteiger partial charge in [-0.1, -0.05) is 71.1 Å². The van der Waals surface area contributed by atoms with E-state index in [0.29, 0.717) is 0 Å². The molecule has 0 aromatic carbocycles. The molecular weight excluding hydrogens is 180 g/mol. The maximum Gasteiger partial charge on any atom is -0.0357 e. The average Bonchev–Trinajstić information content (AvgIpc) is 2.31. The lowest BCUT2D eigenvalue weighted by Crippen LogP contribution is -2.28. The highest BCUT2D eigenvalue weighted by Crippen LogP contribution is 2.43. The summed E-state index contributed by atoms with van der Waals surface area (Å²) < 4.78 is 0. The van der Waals surface area contributed by atoms with Gasteiger partial charge >= 0.3 is 0 Å². The Morgan fingerprint density at radius 2 is 1.47 bits per heavy atom. The molecule has 0 radical (unpaired) electrons. The lowest BCUT2D eigenvalue weighted by molar-refractivity contribution is 0.121. The van der Waals surface area contributed by atoms with E-state index in [4.69, 9.17) is 0 Å². The molecule has 2 aliphatic carbocycles. The first kappa shape index (κ1) is 11.5. The van der Waals surface area contributed by atoms with E-state index in [1.165, 1.54) is 44.9 Å². The van der Waals surface area contributed by atoms with Crippen LogP contribution in [0.2, 0.25) is 0 Å². The van der Waals surface area contributed by atoms with Gasteiger partial charge in [0.15, 0.2) is 0 Å². The fourth-order valence-corrected chi connectivity index (χ4v) is 4.15. The Morgan fingerprint density at radius 3 is 2.20 bits per heavy atom. The fraction of sp³-hybridized carbons (Fsp3) is 1.00. The lowest BCUT2D eigenvalue weighted by atomic mass is 9.67. The van der Waals surface area contributed by atoms with Gasteiger partial charge < -0.3 is 0 Å². The molecule has 88 valence electrons. The Balaban J connectivity index is 1.90. The molecule has 0 saturated heterocycles. The molecular formula is C15H28. The van der Waals surface area contributed by atoms with Crippen LogP contribution in [0.1, 0.15) is 77.6 Å². The fourth-order valence-electron chi connectivity index (χ4n) is 4.15. The van der Waals surface area contributed by atoms with Gasteiger partial charge in [0.05, 0.1) is 0 Å². The van der Waals surface area contributed by atoms with E-state index in [9.17, 15) is 0 Å². The van der Waals surface area contributed by atoms with Crippen molar-refractivity contribution >= 4 is 0 Å². The van der Waals surface area contributed by atoms with Crippen molar-refractivity contribution < 1.29 is 0 Å². The molecule has 2 fully saturated rings. The first-order chi connectivity index (χ1) is 7.42. The topological polar surface area (TPSA) is 0 Å². The van der Waals surface area contributed by atoms with Gasteiger partial charge in [-0.2, -0.15) is 0 Å². The van der Waals surface area contributed by atoms with Crippen molar-refractivity contribution in [1.29, 1.82) is 0 Å². The van der Waals surface area contributed by atoms with Gasteiger partial charge in [-0.15, -0.1) is 0 Å². The van der Waals surface area contributed by atoms with Gasteiger partial charge in [0, 0.05) is 0 Å². The van der Waals surface area contributed by atoms with E-state index in [1.807, 2.05) is 0 Å². The number of hydrogen-bond acceptors (Lipinski definition) is 0. The number of rotatable bonds is 3. The van der Waals surface area contributed by atoms with Gasteiger partial charge in [-0.25, -0.2) is 0 Å². The molecule has 0 amide bonds. The summed E-state index contributed by atoms with van der Waals surface area (Å²) in [5.41, 5.74) is 0. The molecule has 0 heteroatoms. The summed E-state index contributed by atoms with van der Waals surface area (Å²) in [6.45, 7) is 2.37. The smallest absolute Gasteiger partial charge is 0.0357 e. The van der Waals surface area contributed by atoms with Crippen LogP contribution in [0, 0.1) is 17.8 Å². The van der Waals surface area contributed by atoms with Gasteiger partial charge in [0.2, 0.25) is 0 Å². The summed E-state index contributed by atoms with van der Waals surface area (Å²) in [6.07, 6.45) is 16.8. The first-order valence-corrected chi connectivity index (χ1v) is 7.42. The predicted molar refractivity (Wildman–Crippen MR) is 66.9 cm³/mol. The second kappa shape index (κ2) is 5.92. The standard InChI is InChI=1S/C15H28/c1-2-8-13-11-6-7-12-15(13)14-9-4-3-5-10-14/h13-15H,2-12H2,1H3/t13-,15-/m0/s1. The van der Waals surface area contributed by atoms with Gasteiger partial charge in [-0.05, 0) is 24.2 Å². The van der Waals surface area contributed by atoms with Crippen molar-refractivity contribution in [3.8, 4) is 0 Å². The minimum absolute atomic E-state index is 1.10. The largest absolute Gasteiger partial charge is 0.0654 e. The molecule has 15 heavy (non-hydrogen) atoms. The minimum atomic E-state index is 1.10. The van der Waals surface area contributed by atoms with E-state index in [0.717, 1.165) is 17.8 Å². The molecule has 0 heterocycles. The molecule has 0 aliphatic heterocycles. The van der Waals surface area contributed by atoms with Crippen LogP contribution in [-0.4, -0.2) is 0 Å². The third-order valence-corrected chi connectivity index (χ3v) is 4.88. The van der Waals surface area contributed by atoms with Gasteiger partial charge in [0.1, 0.15) is 0 Å². The molecule has 0 aromatic heterocycles.